The molecule has 9 nitrogen and oxygen atoms in total. The van der Waals surface area contributed by atoms with E-state index in [-0.39, 0.29) is 31.2 Å². The summed E-state index contributed by atoms with van der Waals surface area (Å²) < 4.78 is 50.8. The van der Waals surface area contributed by atoms with Gasteiger partial charge in [-0.3, -0.25) is 4.79 Å². The first-order chi connectivity index (χ1) is 20.2. The summed E-state index contributed by atoms with van der Waals surface area (Å²) in [7, 11) is 0. The van der Waals surface area contributed by atoms with Crippen molar-refractivity contribution in [2.45, 2.75) is 37.2 Å². The third-order valence-electron chi connectivity index (χ3n) is 6.59. The van der Waals surface area contributed by atoms with E-state index in [2.05, 4.69) is 21.9 Å². The van der Waals surface area contributed by atoms with Gasteiger partial charge in [0.15, 0.2) is 11.6 Å². The molecule has 3 aromatic carbocycles. The van der Waals surface area contributed by atoms with Crippen molar-refractivity contribution in [2.75, 3.05) is 13.2 Å². The van der Waals surface area contributed by atoms with E-state index in [9.17, 15) is 18.0 Å². The minimum atomic E-state index is -4.47. The number of benzene rings is 3. The molecule has 0 unspecified atom stereocenters. The molecule has 3 aromatic rings. The van der Waals surface area contributed by atoms with E-state index in [0.29, 0.717) is 35.5 Å². The Balaban J connectivity index is 1.69. The van der Waals surface area contributed by atoms with Crippen molar-refractivity contribution in [1.29, 1.82) is 0 Å². The summed E-state index contributed by atoms with van der Waals surface area (Å²) in [5, 5.41) is 15.5. The normalized spacial score (nSPS) is 17.9. The second kappa shape index (κ2) is 13.2. The van der Waals surface area contributed by atoms with E-state index in [1.54, 1.807) is 48.5 Å². The third-order valence-corrected chi connectivity index (χ3v) is 6.59. The van der Waals surface area contributed by atoms with Crippen LogP contribution in [0.25, 0.3) is 10.4 Å². The number of ether oxygens (including phenoxy) is 2. The zero-order valence-corrected chi connectivity index (χ0v) is 22.4. The lowest BCUT2D eigenvalue weighted by molar-refractivity contribution is -0.137. The summed E-state index contributed by atoms with van der Waals surface area (Å²) in [6, 6.07) is 18.0. The van der Waals surface area contributed by atoms with Crippen LogP contribution >= 0.6 is 0 Å². The maximum absolute atomic E-state index is 13.9. The number of nitrogens with one attached hydrogen (secondary N) is 1. The number of halogens is 3. The Hall–Kier alpha value is -4.80. The van der Waals surface area contributed by atoms with Gasteiger partial charge in [-0.05, 0) is 47.5 Å². The molecule has 1 heterocycles. The first-order valence-electron chi connectivity index (χ1n) is 13.0. The van der Waals surface area contributed by atoms with E-state index in [4.69, 9.17) is 25.1 Å². The molecule has 0 saturated heterocycles. The Morgan fingerprint density at radius 1 is 1.17 bits per heavy atom. The van der Waals surface area contributed by atoms with Crippen molar-refractivity contribution in [1.82, 2.24) is 5.32 Å². The third kappa shape index (κ3) is 6.73. The number of aliphatic hydroxyl groups excluding tert-OH is 1. The highest BCUT2D eigenvalue weighted by atomic mass is 19.4. The first kappa shape index (κ1) is 30.2. The number of azide groups is 1. The topological polar surface area (TPSA) is 129 Å². The summed E-state index contributed by atoms with van der Waals surface area (Å²) in [5.74, 6) is 0.175. The predicted molar refractivity (Wildman–Crippen MR) is 150 cm³/mol. The van der Waals surface area contributed by atoms with Gasteiger partial charge in [-0.15, -0.1) is 6.58 Å². The van der Waals surface area contributed by atoms with Gasteiger partial charge in [-0.1, -0.05) is 47.6 Å². The molecular weight excluding hydrogens is 551 g/mol. The van der Waals surface area contributed by atoms with Crippen LogP contribution in [0, 0.1) is 0 Å². The molecule has 0 radical (unpaired) electrons. The molecule has 0 aromatic heterocycles. The maximum atomic E-state index is 13.9. The lowest BCUT2D eigenvalue weighted by Gasteiger charge is -2.30. The van der Waals surface area contributed by atoms with Crippen LogP contribution in [0.1, 0.15) is 41.2 Å². The minimum Gasteiger partial charge on any atom is -0.494 e. The largest absolute Gasteiger partial charge is 0.494 e. The highest BCUT2D eigenvalue weighted by molar-refractivity contribution is 6.01. The fourth-order valence-electron chi connectivity index (χ4n) is 4.51. The Bertz CT molecular complexity index is 1490. The van der Waals surface area contributed by atoms with Gasteiger partial charge < -0.3 is 19.9 Å². The van der Waals surface area contributed by atoms with Crippen molar-refractivity contribution in [2.24, 2.45) is 10.1 Å². The zero-order chi connectivity index (χ0) is 30.2. The Morgan fingerprint density at radius 3 is 2.52 bits per heavy atom. The van der Waals surface area contributed by atoms with Gasteiger partial charge in [0.05, 0.1) is 12.2 Å². The van der Waals surface area contributed by atoms with E-state index in [1.165, 1.54) is 18.2 Å². The molecule has 1 amide bonds. The van der Waals surface area contributed by atoms with E-state index < -0.39 is 29.3 Å². The molecule has 1 aliphatic rings. The van der Waals surface area contributed by atoms with Gasteiger partial charge in [0.25, 0.3) is 5.91 Å². The van der Waals surface area contributed by atoms with Crippen molar-refractivity contribution in [3.8, 4) is 5.75 Å². The molecule has 2 N–H and O–H groups in total. The molecule has 0 aliphatic carbocycles. The standard InChI is InChI=1S/C30H28F3N5O4/c1-2-16-29(28(40)35-19-20-8-12-22(13-9-20)30(31,32)33)26(24-6-3-4-7-25(24)37-38-34)42-27(36-29)21-10-14-23(15-11-21)41-18-5-17-39/h2-4,6-15,26,39H,1,5,16-19H2,(H,35,40)/t26-,29-/m1/s1. The van der Waals surface area contributed by atoms with Gasteiger partial charge in [-0.25, -0.2) is 4.99 Å². The van der Waals surface area contributed by atoms with Crippen molar-refractivity contribution < 1.29 is 32.5 Å². The summed E-state index contributed by atoms with van der Waals surface area (Å²) in [6.45, 7) is 4.09. The van der Waals surface area contributed by atoms with Crippen LogP contribution in [0.4, 0.5) is 18.9 Å². The van der Waals surface area contributed by atoms with Crippen LogP contribution in [0.5, 0.6) is 5.75 Å². The van der Waals surface area contributed by atoms with Crippen molar-refractivity contribution in [3.05, 3.63) is 118 Å². The monoisotopic (exact) mass is 579 g/mol. The van der Waals surface area contributed by atoms with Gasteiger partial charge in [0.1, 0.15) is 5.75 Å². The molecule has 2 atom stereocenters. The van der Waals surface area contributed by atoms with Crippen molar-refractivity contribution >= 4 is 17.5 Å². The Labute approximate surface area is 239 Å². The number of carbonyl (C=O) groups is 1. The van der Waals surface area contributed by atoms with Gasteiger partial charge in [0.2, 0.25) is 5.90 Å². The minimum absolute atomic E-state index is 0.00770. The number of hydrogen-bond acceptors (Lipinski definition) is 6. The number of carbonyl (C=O) groups excluding carboxylic acids is 1. The second-order valence-corrected chi connectivity index (χ2v) is 9.41. The van der Waals surface area contributed by atoms with Gasteiger partial charge >= 0.3 is 6.18 Å². The van der Waals surface area contributed by atoms with Crippen LogP contribution in [-0.2, 0) is 22.3 Å². The predicted octanol–water partition coefficient (Wildman–Crippen LogP) is 6.56. The number of alkyl halides is 3. The van der Waals surface area contributed by atoms with Gasteiger partial charge in [-0.2, -0.15) is 13.2 Å². The van der Waals surface area contributed by atoms with Crippen LogP contribution in [0.3, 0.4) is 0 Å². The van der Waals surface area contributed by atoms with Crippen LogP contribution in [0.2, 0.25) is 0 Å². The highest BCUT2D eigenvalue weighted by Gasteiger charge is 2.53. The Kier molecular flexibility index (Phi) is 9.51. The van der Waals surface area contributed by atoms with E-state index in [1.807, 2.05) is 0 Å². The molecule has 4 rings (SSSR count). The van der Waals surface area contributed by atoms with Crippen LogP contribution in [-0.4, -0.2) is 35.7 Å². The quantitative estimate of drug-likeness (QED) is 0.0828. The smallest absolute Gasteiger partial charge is 0.416 e. The Morgan fingerprint density at radius 2 is 1.88 bits per heavy atom. The SMILES string of the molecule is C=CC[C@@]1(C(=O)NCc2ccc(C(F)(F)F)cc2)N=C(c2ccc(OCCCO)cc2)O[C@@H]1c1ccccc1N=[N+]=[N-]. The fraction of sp³-hybridized carbons (Fsp3) is 0.267. The molecule has 1 aliphatic heterocycles. The first-order valence-corrected chi connectivity index (χ1v) is 13.0. The zero-order valence-electron chi connectivity index (χ0n) is 22.4. The summed E-state index contributed by atoms with van der Waals surface area (Å²) >= 11 is 0. The maximum Gasteiger partial charge on any atom is 0.416 e. The number of nitrogens with zero attached hydrogens (tertiary/aromatic N) is 4. The molecule has 218 valence electrons. The number of amides is 1. The number of aliphatic hydroxyl groups is 1. The van der Waals surface area contributed by atoms with E-state index >= 15 is 0 Å². The summed E-state index contributed by atoms with van der Waals surface area (Å²) in [6.07, 6.45) is -3.46. The molecule has 12 heteroatoms. The molecular formula is C30H28F3N5O4. The fourth-order valence-corrected chi connectivity index (χ4v) is 4.51. The van der Waals surface area contributed by atoms with Crippen molar-refractivity contribution in [3.63, 3.8) is 0 Å². The van der Waals surface area contributed by atoms with E-state index in [0.717, 1.165) is 12.1 Å². The molecule has 42 heavy (non-hydrogen) atoms. The van der Waals surface area contributed by atoms with Crippen LogP contribution in [0.15, 0.2) is 95.6 Å². The number of rotatable bonds is 12. The lowest BCUT2D eigenvalue weighted by atomic mass is 9.83. The summed E-state index contributed by atoms with van der Waals surface area (Å²) in [5.41, 5.74) is 8.44. The number of hydrogen-bond donors (Lipinski definition) is 2. The molecule has 0 saturated carbocycles. The molecule has 0 fully saturated rings. The summed E-state index contributed by atoms with van der Waals surface area (Å²) in [4.78, 5) is 21.6. The van der Waals surface area contributed by atoms with Crippen LogP contribution < -0.4 is 10.1 Å². The lowest BCUT2D eigenvalue weighted by Crippen LogP contribution is -2.47. The molecule has 0 bridgehead atoms. The second-order valence-electron chi connectivity index (χ2n) is 9.41. The average molecular weight is 580 g/mol. The highest BCUT2D eigenvalue weighted by Crippen LogP contribution is 2.45. The van der Waals surface area contributed by atoms with Gasteiger partial charge in [0, 0.05) is 47.7 Å². The molecule has 0 spiro atoms. The average Bonchev–Trinajstić information content (AvgIpc) is 3.37. The number of aliphatic imine (C=N–C) groups is 1.